The summed E-state index contributed by atoms with van der Waals surface area (Å²) in [6.45, 7) is 2.10. The molecule has 0 radical (unpaired) electrons. The summed E-state index contributed by atoms with van der Waals surface area (Å²) in [4.78, 5) is 21.7. The maximum atomic E-state index is 13.6. The van der Waals surface area contributed by atoms with Crippen LogP contribution < -0.4 is 10.1 Å². The van der Waals surface area contributed by atoms with Crippen LogP contribution in [0.25, 0.3) is 0 Å². The Hall–Kier alpha value is -2.65. The van der Waals surface area contributed by atoms with Gasteiger partial charge in [0.05, 0.1) is 6.61 Å². The molecule has 0 aliphatic carbocycles. The summed E-state index contributed by atoms with van der Waals surface area (Å²) in [6.07, 6.45) is 2.53. The summed E-state index contributed by atoms with van der Waals surface area (Å²) in [5.41, 5.74) is 0.781. The fourth-order valence-corrected chi connectivity index (χ4v) is 2.57. The number of amides is 1. The molecule has 1 atom stereocenters. The van der Waals surface area contributed by atoms with Gasteiger partial charge in [0.2, 0.25) is 11.7 Å². The van der Waals surface area contributed by atoms with Gasteiger partial charge in [-0.25, -0.2) is 18.7 Å². The van der Waals surface area contributed by atoms with Gasteiger partial charge in [-0.1, -0.05) is 6.07 Å². The molecule has 1 N–H and O–H groups in total. The van der Waals surface area contributed by atoms with Crippen LogP contribution in [0.3, 0.4) is 0 Å². The molecule has 0 bridgehead atoms. The van der Waals surface area contributed by atoms with E-state index in [0.717, 1.165) is 17.7 Å². The quantitative estimate of drug-likeness (QED) is 0.866. The zero-order valence-electron chi connectivity index (χ0n) is 14.1. The molecule has 138 valence electrons. The molecule has 1 unspecified atom stereocenters. The highest BCUT2D eigenvalue weighted by Gasteiger charge is 2.25. The number of para-hydroxylation sites is 1. The van der Waals surface area contributed by atoms with Crippen LogP contribution in [0.4, 0.5) is 8.78 Å². The highest BCUT2D eigenvalue weighted by atomic mass is 19.1. The van der Waals surface area contributed by atoms with Crippen LogP contribution in [0.2, 0.25) is 0 Å². The van der Waals surface area contributed by atoms with Crippen molar-refractivity contribution in [2.75, 3.05) is 26.7 Å². The number of morpholine rings is 1. The maximum absolute atomic E-state index is 13.6. The molecular weight excluding hydrogens is 346 g/mol. The minimum atomic E-state index is -0.828. The van der Waals surface area contributed by atoms with E-state index in [1.165, 1.54) is 18.5 Å². The lowest BCUT2D eigenvalue weighted by Crippen LogP contribution is -2.48. The summed E-state index contributed by atoms with van der Waals surface area (Å²) < 4.78 is 37.7. The first-order valence-electron chi connectivity index (χ1n) is 8.05. The van der Waals surface area contributed by atoms with Gasteiger partial charge in [0.25, 0.3) is 0 Å². The third-order valence-electron chi connectivity index (χ3n) is 3.89. The van der Waals surface area contributed by atoms with E-state index in [4.69, 9.17) is 9.47 Å². The number of ether oxygens (including phenoxy) is 2. The number of hydrogen-bond donors (Lipinski definition) is 1. The number of hydrogen-bond acceptors (Lipinski definition) is 6. The third-order valence-corrected chi connectivity index (χ3v) is 3.89. The zero-order valence-corrected chi connectivity index (χ0v) is 14.1. The molecule has 0 saturated carbocycles. The van der Waals surface area contributed by atoms with Crippen molar-refractivity contribution in [3.8, 4) is 11.8 Å². The molecular formula is C17H18F2N4O3. The highest BCUT2D eigenvalue weighted by Crippen LogP contribution is 2.25. The fraction of sp³-hybridized carbons (Fsp3) is 0.353. The van der Waals surface area contributed by atoms with Gasteiger partial charge in [-0.15, -0.1) is 0 Å². The molecule has 26 heavy (non-hydrogen) atoms. The number of rotatable bonds is 5. The van der Waals surface area contributed by atoms with E-state index in [2.05, 4.69) is 15.3 Å². The van der Waals surface area contributed by atoms with Crippen LogP contribution >= 0.6 is 0 Å². The second-order valence-corrected chi connectivity index (χ2v) is 5.74. The van der Waals surface area contributed by atoms with E-state index < -0.39 is 23.5 Å². The Kier molecular flexibility index (Phi) is 5.69. The van der Waals surface area contributed by atoms with Gasteiger partial charge in [-0.3, -0.25) is 9.69 Å². The molecule has 9 heteroatoms. The standard InChI is InChI=1S/C17H18F2N4O3/c1-20-16(24)14-10-23(5-6-25-14)9-11-7-21-17(22-8-11)26-15-12(18)3-2-4-13(15)19/h2-4,7-8,14H,5-6,9-10H2,1H3,(H,20,24). The number of carbonyl (C=O) groups excluding carboxylic acids is 1. The first-order valence-corrected chi connectivity index (χ1v) is 8.05. The number of benzene rings is 1. The van der Waals surface area contributed by atoms with Crippen molar-refractivity contribution < 1.29 is 23.0 Å². The lowest BCUT2D eigenvalue weighted by molar-refractivity contribution is -0.138. The van der Waals surface area contributed by atoms with E-state index in [9.17, 15) is 13.6 Å². The highest BCUT2D eigenvalue weighted by molar-refractivity contribution is 5.80. The van der Waals surface area contributed by atoms with Crippen molar-refractivity contribution >= 4 is 5.91 Å². The van der Waals surface area contributed by atoms with Crippen molar-refractivity contribution in [2.45, 2.75) is 12.6 Å². The summed E-state index contributed by atoms with van der Waals surface area (Å²) in [5.74, 6) is -2.36. The number of halogens is 2. The average molecular weight is 364 g/mol. The van der Waals surface area contributed by atoms with Gasteiger partial charge >= 0.3 is 6.01 Å². The molecule has 3 rings (SSSR count). The molecule has 1 amide bonds. The molecule has 7 nitrogen and oxygen atoms in total. The predicted molar refractivity (Wildman–Crippen MR) is 87.5 cm³/mol. The Bertz CT molecular complexity index is 753. The van der Waals surface area contributed by atoms with E-state index in [-0.39, 0.29) is 11.9 Å². The van der Waals surface area contributed by atoms with E-state index in [0.29, 0.717) is 26.2 Å². The Morgan fingerprint density at radius 1 is 1.35 bits per heavy atom. The lowest BCUT2D eigenvalue weighted by atomic mass is 10.2. The average Bonchev–Trinajstić information content (AvgIpc) is 2.66. The van der Waals surface area contributed by atoms with Gasteiger partial charge in [0, 0.05) is 44.6 Å². The molecule has 1 aromatic heterocycles. The molecule has 1 aliphatic rings. The Balaban J connectivity index is 1.62. The Morgan fingerprint density at radius 3 is 2.69 bits per heavy atom. The van der Waals surface area contributed by atoms with Gasteiger partial charge in [0.15, 0.2) is 11.6 Å². The number of likely N-dealkylation sites (N-methyl/N-ethyl adjacent to an activating group) is 1. The van der Waals surface area contributed by atoms with Crippen molar-refractivity contribution in [1.82, 2.24) is 20.2 Å². The topological polar surface area (TPSA) is 76.6 Å². The number of carbonyl (C=O) groups is 1. The van der Waals surface area contributed by atoms with Crippen LogP contribution in [-0.4, -0.2) is 53.6 Å². The van der Waals surface area contributed by atoms with Gasteiger partial charge in [0.1, 0.15) is 6.10 Å². The Labute approximate surface area is 149 Å². The van der Waals surface area contributed by atoms with Crippen molar-refractivity contribution in [1.29, 1.82) is 0 Å². The van der Waals surface area contributed by atoms with Gasteiger partial charge < -0.3 is 14.8 Å². The van der Waals surface area contributed by atoms with Crippen molar-refractivity contribution in [3.63, 3.8) is 0 Å². The minimum Gasteiger partial charge on any atom is -0.418 e. The van der Waals surface area contributed by atoms with Crippen LogP contribution in [0.1, 0.15) is 5.56 Å². The summed E-state index contributed by atoms with van der Waals surface area (Å²) >= 11 is 0. The van der Waals surface area contributed by atoms with Gasteiger partial charge in [-0.2, -0.15) is 0 Å². The second-order valence-electron chi connectivity index (χ2n) is 5.74. The molecule has 1 saturated heterocycles. The molecule has 2 aromatic rings. The van der Waals surface area contributed by atoms with E-state index >= 15 is 0 Å². The van der Waals surface area contributed by atoms with Crippen LogP contribution in [0.5, 0.6) is 11.8 Å². The SMILES string of the molecule is CNC(=O)C1CN(Cc2cnc(Oc3c(F)cccc3F)nc2)CCO1. The van der Waals surface area contributed by atoms with Gasteiger partial charge in [-0.05, 0) is 12.1 Å². The maximum Gasteiger partial charge on any atom is 0.322 e. The normalized spacial score (nSPS) is 17.7. The molecule has 0 spiro atoms. The Morgan fingerprint density at radius 2 is 2.04 bits per heavy atom. The van der Waals surface area contributed by atoms with Crippen molar-refractivity contribution in [2.24, 2.45) is 0 Å². The smallest absolute Gasteiger partial charge is 0.322 e. The van der Waals surface area contributed by atoms with Crippen LogP contribution in [-0.2, 0) is 16.1 Å². The molecule has 1 aromatic carbocycles. The van der Waals surface area contributed by atoms with Crippen molar-refractivity contribution in [3.05, 3.63) is 47.8 Å². The van der Waals surface area contributed by atoms with E-state index in [1.54, 1.807) is 7.05 Å². The zero-order chi connectivity index (χ0) is 18.5. The summed E-state index contributed by atoms with van der Waals surface area (Å²) in [7, 11) is 1.57. The summed E-state index contributed by atoms with van der Waals surface area (Å²) in [6, 6.07) is 3.28. The predicted octanol–water partition coefficient (Wildman–Crippen LogP) is 1.49. The molecule has 1 aliphatic heterocycles. The second kappa shape index (κ2) is 8.15. The third kappa shape index (κ3) is 4.30. The minimum absolute atomic E-state index is 0.150. The largest absolute Gasteiger partial charge is 0.418 e. The number of nitrogens with one attached hydrogen (secondary N) is 1. The number of aromatic nitrogens is 2. The summed E-state index contributed by atoms with van der Waals surface area (Å²) in [5, 5.41) is 2.57. The van der Waals surface area contributed by atoms with Crippen LogP contribution in [0, 0.1) is 11.6 Å². The monoisotopic (exact) mass is 364 g/mol. The van der Waals surface area contributed by atoms with E-state index in [1.807, 2.05) is 4.90 Å². The first-order chi connectivity index (χ1) is 12.6. The first kappa shape index (κ1) is 18.2. The van der Waals surface area contributed by atoms with Crippen LogP contribution in [0.15, 0.2) is 30.6 Å². The molecule has 1 fully saturated rings. The lowest BCUT2D eigenvalue weighted by Gasteiger charge is -2.31. The number of nitrogens with zero attached hydrogens (tertiary/aromatic N) is 3. The fourth-order valence-electron chi connectivity index (χ4n) is 2.57. The molecule has 2 heterocycles.